The van der Waals surface area contributed by atoms with Crippen molar-refractivity contribution in [3.8, 4) is 0 Å². The molecular formula is C24H33NO. The highest BCUT2D eigenvalue weighted by molar-refractivity contribution is 5.91. The summed E-state index contributed by atoms with van der Waals surface area (Å²) in [5, 5.41) is 8.50. The van der Waals surface area contributed by atoms with Gasteiger partial charge in [0.1, 0.15) is 0 Å². The van der Waals surface area contributed by atoms with Gasteiger partial charge in [-0.2, -0.15) is 0 Å². The molecule has 0 bridgehead atoms. The van der Waals surface area contributed by atoms with Crippen LogP contribution in [0.25, 0.3) is 0 Å². The molecule has 140 valence electrons. The maximum absolute atomic E-state index is 12.1. The number of carbonyl (C=O) groups is 1. The van der Waals surface area contributed by atoms with E-state index in [-0.39, 0.29) is 0 Å². The van der Waals surface area contributed by atoms with E-state index >= 15 is 0 Å². The molecule has 9 atom stereocenters. The van der Waals surface area contributed by atoms with Crippen LogP contribution in [0, 0.1) is 64.1 Å². The van der Waals surface area contributed by atoms with Crippen molar-refractivity contribution in [3.63, 3.8) is 0 Å². The Morgan fingerprint density at radius 1 is 1.12 bits per heavy atom. The number of nitrogens with one attached hydrogen (secondary N) is 1. The van der Waals surface area contributed by atoms with Crippen LogP contribution in [0.3, 0.4) is 0 Å². The van der Waals surface area contributed by atoms with Gasteiger partial charge in [-0.3, -0.25) is 4.79 Å². The van der Waals surface area contributed by atoms with Crippen LogP contribution < -0.4 is 0 Å². The molecule has 1 N–H and O–H groups in total. The van der Waals surface area contributed by atoms with E-state index in [1.54, 1.807) is 5.57 Å². The Bertz CT molecular complexity index is 718. The van der Waals surface area contributed by atoms with Crippen LogP contribution in [-0.4, -0.2) is 11.5 Å². The summed E-state index contributed by atoms with van der Waals surface area (Å²) in [7, 11) is 0. The maximum atomic E-state index is 12.1. The summed E-state index contributed by atoms with van der Waals surface area (Å²) in [6.45, 7) is 4.66. The summed E-state index contributed by atoms with van der Waals surface area (Å²) in [5.41, 5.74) is 2.93. The minimum Gasteiger partial charge on any atom is -0.310 e. The van der Waals surface area contributed by atoms with Crippen molar-refractivity contribution >= 4 is 11.5 Å². The molecule has 0 unspecified atom stereocenters. The Morgan fingerprint density at radius 3 is 2.65 bits per heavy atom. The van der Waals surface area contributed by atoms with Gasteiger partial charge in [0.05, 0.1) is 0 Å². The zero-order chi connectivity index (χ0) is 17.8. The summed E-state index contributed by atoms with van der Waals surface area (Å²) >= 11 is 0. The second kappa shape index (κ2) is 5.11. The molecule has 2 heteroatoms. The van der Waals surface area contributed by atoms with Crippen LogP contribution in [-0.2, 0) is 4.79 Å². The van der Waals surface area contributed by atoms with Crippen molar-refractivity contribution in [2.45, 2.75) is 65.2 Å². The number of ketones is 1. The third-order valence-electron chi connectivity index (χ3n) is 9.88. The molecule has 6 aliphatic rings. The molecule has 26 heavy (non-hydrogen) atoms. The van der Waals surface area contributed by atoms with Crippen molar-refractivity contribution in [3.05, 3.63) is 11.6 Å². The van der Waals surface area contributed by atoms with Crippen LogP contribution in [0.4, 0.5) is 0 Å². The molecular weight excluding hydrogens is 318 g/mol. The lowest BCUT2D eigenvalue weighted by Gasteiger charge is -2.58. The Kier molecular flexibility index (Phi) is 3.16. The van der Waals surface area contributed by atoms with Crippen molar-refractivity contribution in [1.29, 1.82) is 5.41 Å². The van der Waals surface area contributed by atoms with Crippen LogP contribution >= 0.6 is 0 Å². The van der Waals surface area contributed by atoms with E-state index in [0.717, 1.165) is 65.9 Å². The van der Waals surface area contributed by atoms with E-state index in [1.165, 1.54) is 38.5 Å². The molecule has 0 saturated heterocycles. The lowest BCUT2D eigenvalue weighted by molar-refractivity contribution is -0.116. The fourth-order valence-electron chi connectivity index (χ4n) is 9.05. The highest BCUT2D eigenvalue weighted by Gasteiger charge is 2.71. The summed E-state index contributed by atoms with van der Waals surface area (Å²) < 4.78 is 0. The molecule has 0 aromatic heterocycles. The number of rotatable bonds is 2. The molecule has 0 radical (unpaired) electrons. The third-order valence-corrected chi connectivity index (χ3v) is 9.88. The first-order valence-electron chi connectivity index (χ1n) is 11.3. The van der Waals surface area contributed by atoms with Gasteiger partial charge >= 0.3 is 0 Å². The molecule has 0 amide bonds. The van der Waals surface area contributed by atoms with E-state index in [2.05, 4.69) is 19.9 Å². The fourth-order valence-corrected chi connectivity index (χ4v) is 9.05. The quantitative estimate of drug-likeness (QED) is 0.676. The molecule has 0 aromatic rings. The van der Waals surface area contributed by atoms with E-state index in [9.17, 15) is 4.79 Å². The van der Waals surface area contributed by atoms with Crippen molar-refractivity contribution in [1.82, 2.24) is 0 Å². The van der Waals surface area contributed by atoms with E-state index < -0.39 is 0 Å². The van der Waals surface area contributed by atoms with Gasteiger partial charge in [0.2, 0.25) is 0 Å². The highest BCUT2D eigenvalue weighted by atomic mass is 16.1. The van der Waals surface area contributed by atoms with Gasteiger partial charge in [-0.05, 0) is 111 Å². The largest absolute Gasteiger partial charge is 0.310 e. The van der Waals surface area contributed by atoms with Gasteiger partial charge in [0, 0.05) is 18.1 Å². The number of hydrogen-bond donors (Lipinski definition) is 1. The van der Waals surface area contributed by atoms with Crippen molar-refractivity contribution in [2.75, 3.05) is 0 Å². The Labute approximate surface area is 157 Å². The average Bonchev–Trinajstić information content (AvgIpc) is 3.49. The van der Waals surface area contributed by atoms with Gasteiger partial charge in [0.15, 0.2) is 5.78 Å². The minimum atomic E-state index is 0.396. The molecule has 5 saturated carbocycles. The summed E-state index contributed by atoms with van der Waals surface area (Å²) in [6.07, 6.45) is 12.2. The smallest absolute Gasteiger partial charge is 0.155 e. The molecule has 0 spiro atoms. The Balaban J connectivity index is 1.42. The number of hydrogen-bond acceptors (Lipinski definition) is 2. The SMILES string of the molecule is CC(=N)[C@H]1[C@H]2C[C@H]2[C@H]2[C@H]3[C@H](CC[C@@]21C)[C@H]1CCC(=O)C=C1C[C@H]3C1CC1. The molecule has 0 aromatic carbocycles. The predicted molar refractivity (Wildman–Crippen MR) is 103 cm³/mol. The zero-order valence-electron chi connectivity index (χ0n) is 16.3. The standard InChI is InChI=1S/C24H33NO/c1-12(25)22-19-11-20(19)23-21-17(7-8-24(22,23)2)16-6-5-15(26)9-14(16)10-18(21)13-3-4-13/h9,13,16-23,25H,3-8,10-11H2,1-2H3/t16-,17+,18-,19-,20+,21-,22-,23-,24+/m0/s1. The number of allylic oxidation sites excluding steroid dienone is 1. The molecule has 0 aliphatic heterocycles. The molecule has 5 fully saturated rings. The van der Waals surface area contributed by atoms with Crippen LogP contribution in [0.2, 0.25) is 0 Å². The summed E-state index contributed by atoms with van der Waals surface area (Å²) in [4.78, 5) is 12.1. The zero-order valence-corrected chi connectivity index (χ0v) is 16.3. The fraction of sp³-hybridized carbons (Fsp3) is 0.833. The topological polar surface area (TPSA) is 40.9 Å². The summed E-state index contributed by atoms with van der Waals surface area (Å²) in [5.74, 6) is 7.87. The lowest BCUT2D eigenvalue weighted by atomic mass is 9.46. The normalized spacial score (nSPS) is 54.5. The first-order chi connectivity index (χ1) is 12.5. The first kappa shape index (κ1) is 16.1. The van der Waals surface area contributed by atoms with Gasteiger partial charge in [0.25, 0.3) is 0 Å². The van der Waals surface area contributed by atoms with Gasteiger partial charge in [-0.25, -0.2) is 0 Å². The molecule has 0 heterocycles. The van der Waals surface area contributed by atoms with Crippen molar-refractivity contribution < 1.29 is 4.79 Å². The Hall–Kier alpha value is -0.920. The van der Waals surface area contributed by atoms with Crippen LogP contribution in [0.15, 0.2) is 11.6 Å². The predicted octanol–water partition coefficient (Wildman–Crippen LogP) is 5.28. The van der Waals surface area contributed by atoms with E-state index in [4.69, 9.17) is 5.41 Å². The minimum absolute atomic E-state index is 0.396. The maximum Gasteiger partial charge on any atom is 0.155 e. The average molecular weight is 352 g/mol. The second-order valence-corrected chi connectivity index (χ2v) is 11.1. The number of carbonyl (C=O) groups excluding carboxylic acids is 1. The Morgan fingerprint density at radius 2 is 1.92 bits per heavy atom. The van der Waals surface area contributed by atoms with Gasteiger partial charge in [-0.15, -0.1) is 0 Å². The van der Waals surface area contributed by atoms with Gasteiger partial charge < -0.3 is 5.41 Å². The van der Waals surface area contributed by atoms with E-state index in [1.807, 2.05) is 0 Å². The third kappa shape index (κ3) is 2.00. The van der Waals surface area contributed by atoms with E-state index in [0.29, 0.717) is 17.1 Å². The summed E-state index contributed by atoms with van der Waals surface area (Å²) in [6, 6.07) is 0. The molecule has 6 rings (SSSR count). The first-order valence-corrected chi connectivity index (χ1v) is 11.3. The highest BCUT2D eigenvalue weighted by Crippen LogP contribution is 2.76. The van der Waals surface area contributed by atoms with Crippen molar-refractivity contribution in [2.24, 2.45) is 58.7 Å². The molecule has 2 nitrogen and oxygen atoms in total. The number of fused-ring (bicyclic) bond motifs is 7. The van der Waals surface area contributed by atoms with Gasteiger partial charge in [-0.1, -0.05) is 12.5 Å². The lowest BCUT2D eigenvalue weighted by Crippen LogP contribution is -2.52. The molecule has 6 aliphatic carbocycles. The monoisotopic (exact) mass is 351 g/mol. The van der Waals surface area contributed by atoms with Crippen LogP contribution in [0.5, 0.6) is 0 Å². The second-order valence-electron chi connectivity index (χ2n) is 11.1. The van der Waals surface area contributed by atoms with Crippen LogP contribution in [0.1, 0.15) is 65.2 Å².